The summed E-state index contributed by atoms with van der Waals surface area (Å²) in [6.07, 6.45) is 2.10. The van der Waals surface area contributed by atoms with Crippen LogP contribution in [0.5, 0.6) is 0 Å². The molecule has 1 aromatic carbocycles. The van der Waals surface area contributed by atoms with Crippen LogP contribution >= 0.6 is 23.1 Å². The minimum Gasteiger partial charge on any atom is -0.343 e. The molecule has 0 aliphatic carbocycles. The van der Waals surface area contributed by atoms with Crippen molar-refractivity contribution in [3.05, 3.63) is 46.5 Å². The lowest BCUT2D eigenvalue weighted by atomic mass is 10.1. The lowest BCUT2D eigenvalue weighted by Crippen LogP contribution is -2.38. The normalized spacial score (nSPS) is 13.9. The first-order valence-corrected chi connectivity index (χ1v) is 10.2. The van der Waals surface area contributed by atoms with Crippen LogP contribution < -0.4 is 5.32 Å². The minimum atomic E-state index is -0.195. The molecule has 0 unspecified atom stereocenters. The van der Waals surface area contributed by atoms with Crippen LogP contribution in [-0.4, -0.2) is 41.3 Å². The van der Waals surface area contributed by atoms with E-state index in [1.165, 1.54) is 0 Å². The van der Waals surface area contributed by atoms with Crippen LogP contribution in [0.25, 0.3) is 0 Å². The van der Waals surface area contributed by atoms with Crippen molar-refractivity contribution in [2.75, 3.05) is 19.6 Å². The summed E-state index contributed by atoms with van der Waals surface area (Å²) in [4.78, 5) is 30.8. The lowest BCUT2D eigenvalue weighted by Gasteiger charge is -2.16. The Bertz CT molecular complexity index is 754. The van der Waals surface area contributed by atoms with E-state index in [0.29, 0.717) is 11.3 Å². The zero-order chi connectivity index (χ0) is 17.6. The Hall–Kier alpha value is -1.86. The summed E-state index contributed by atoms with van der Waals surface area (Å²) in [6.45, 7) is 3.63. The number of amides is 2. The molecule has 7 heteroatoms. The molecule has 0 spiro atoms. The van der Waals surface area contributed by atoms with Crippen LogP contribution in [-0.2, 0) is 10.5 Å². The number of likely N-dealkylation sites (tertiary alicyclic amines) is 1. The lowest BCUT2D eigenvalue weighted by molar-refractivity contribution is -0.129. The van der Waals surface area contributed by atoms with E-state index in [4.69, 9.17) is 0 Å². The summed E-state index contributed by atoms with van der Waals surface area (Å²) in [5.41, 5.74) is 2.59. The number of hydrogen-bond acceptors (Lipinski definition) is 5. The monoisotopic (exact) mass is 375 g/mol. The van der Waals surface area contributed by atoms with Gasteiger partial charge in [0.1, 0.15) is 4.34 Å². The number of aryl methyl sites for hydroxylation is 1. The summed E-state index contributed by atoms with van der Waals surface area (Å²) in [5.74, 6) is 0.478. The summed E-state index contributed by atoms with van der Waals surface area (Å²) in [6, 6.07) is 7.53. The summed E-state index contributed by atoms with van der Waals surface area (Å²) in [5, 5.41) is 4.78. The molecule has 1 aliphatic rings. The first-order valence-electron chi connectivity index (χ1n) is 8.32. The van der Waals surface area contributed by atoms with Gasteiger partial charge in [-0.05, 0) is 31.4 Å². The van der Waals surface area contributed by atoms with Gasteiger partial charge >= 0.3 is 0 Å². The molecule has 5 nitrogen and oxygen atoms in total. The maximum absolute atomic E-state index is 12.5. The Balaban J connectivity index is 1.59. The molecule has 0 radical (unpaired) electrons. The molecule has 132 valence electrons. The van der Waals surface area contributed by atoms with E-state index in [1.807, 2.05) is 35.4 Å². The molecule has 1 fully saturated rings. The second kappa shape index (κ2) is 8.49. The smallest absolute Gasteiger partial charge is 0.252 e. The van der Waals surface area contributed by atoms with Crippen molar-refractivity contribution in [1.82, 2.24) is 15.2 Å². The SMILES string of the molecule is Cc1csc(SCc2ccccc2C(=O)NCC(=O)N2CCCC2)n1. The number of benzene rings is 1. The van der Waals surface area contributed by atoms with Crippen molar-refractivity contribution >= 4 is 34.9 Å². The molecule has 0 atom stereocenters. The highest BCUT2D eigenvalue weighted by molar-refractivity contribution is 8.00. The molecule has 25 heavy (non-hydrogen) atoms. The number of hydrogen-bond donors (Lipinski definition) is 1. The van der Waals surface area contributed by atoms with Crippen LogP contribution in [0.1, 0.15) is 34.5 Å². The molecule has 3 rings (SSSR count). The molecule has 1 saturated heterocycles. The van der Waals surface area contributed by atoms with Crippen molar-refractivity contribution in [2.24, 2.45) is 0 Å². The van der Waals surface area contributed by atoms with Crippen molar-refractivity contribution in [1.29, 1.82) is 0 Å². The number of nitrogens with one attached hydrogen (secondary N) is 1. The summed E-state index contributed by atoms with van der Waals surface area (Å²) in [7, 11) is 0. The first-order chi connectivity index (χ1) is 12.1. The van der Waals surface area contributed by atoms with Gasteiger partial charge in [0, 0.05) is 35.5 Å². The fourth-order valence-corrected chi connectivity index (χ4v) is 4.59. The average Bonchev–Trinajstić information content (AvgIpc) is 3.29. The average molecular weight is 376 g/mol. The minimum absolute atomic E-state index is 0.00373. The Kier molecular flexibility index (Phi) is 6.09. The van der Waals surface area contributed by atoms with Crippen molar-refractivity contribution < 1.29 is 9.59 Å². The van der Waals surface area contributed by atoms with E-state index in [1.54, 1.807) is 29.2 Å². The maximum atomic E-state index is 12.5. The van der Waals surface area contributed by atoms with E-state index in [0.717, 1.165) is 41.5 Å². The third-order valence-electron chi connectivity index (χ3n) is 4.07. The summed E-state index contributed by atoms with van der Waals surface area (Å²) < 4.78 is 0.997. The maximum Gasteiger partial charge on any atom is 0.252 e. The number of thiazole rings is 1. The van der Waals surface area contributed by atoms with Crippen LogP contribution in [0.3, 0.4) is 0 Å². The van der Waals surface area contributed by atoms with Gasteiger partial charge in [-0.25, -0.2) is 4.98 Å². The number of rotatable bonds is 6. The van der Waals surface area contributed by atoms with Crippen molar-refractivity contribution in [2.45, 2.75) is 29.9 Å². The third-order valence-corrected chi connectivity index (χ3v) is 6.26. The molecule has 1 N–H and O–H groups in total. The molecule has 1 aliphatic heterocycles. The first kappa shape index (κ1) is 17.9. The summed E-state index contributed by atoms with van der Waals surface area (Å²) >= 11 is 3.24. The molecule has 0 saturated carbocycles. The Morgan fingerprint density at radius 3 is 2.76 bits per heavy atom. The van der Waals surface area contributed by atoms with Crippen LogP contribution in [0.2, 0.25) is 0 Å². The number of nitrogens with zero attached hydrogens (tertiary/aromatic N) is 2. The zero-order valence-corrected chi connectivity index (χ0v) is 15.8. The molecule has 0 bridgehead atoms. The van der Waals surface area contributed by atoms with Crippen molar-refractivity contribution in [3.63, 3.8) is 0 Å². The van der Waals surface area contributed by atoms with Gasteiger partial charge in [0.2, 0.25) is 5.91 Å². The predicted molar refractivity (Wildman–Crippen MR) is 101 cm³/mol. The van der Waals surface area contributed by atoms with E-state index in [2.05, 4.69) is 10.3 Å². The van der Waals surface area contributed by atoms with Gasteiger partial charge in [-0.2, -0.15) is 0 Å². The van der Waals surface area contributed by atoms with Crippen LogP contribution in [0.4, 0.5) is 0 Å². The van der Waals surface area contributed by atoms with Gasteiger partial charge < -0.3 is 10.2 Å². The van der Waals surface area contributed by atoms with Crippen LogP contribution in [0.15, 0.2) is 34.0 Å². The fraction of sp³-hybridized carbons (Fsp3) is 0.389. The second-order valence-electron chi connectivity index (χ2n) is 5.97. The Morgan fingerprint density at radius 1 is 1.28 bits per heavy atom. The number of carbonyl (C=O) groups is 2. The highest BCUT2D eigenvalue weighted by Crippen LogP contribution is 2.27. The predicted octanol–water partition coefficient (Wildman–Crippen LogP) is 3.10. The second-order valence-corrected chi connectivity index (χ2v) is 8.05. The van der Waals surface area contributed by atoms with Crippen LogP contribution in [0, 0.1) is 6.92 Å². The van der Waals surface area contributed by atoms with E-state index < -0.39 is 0 Å². The molecular formula is C18H21N3O2S2. The van der Waals surface area contributed by atoms with E-state index in [-0.39, 0.29) is 18.4 Å². The zero-order valence-electron chi connectivity index (χ0n) is 14.2. The van der Waals surface area contributed by atoms with Gasteiger partial charge in [0.25, 0.3) is 5.91 Å². The number of thioether (sulfide) groups is 1. The van der Waals surface area contributed by atoms with Gasteiger partial charge in [-0.1, -0.05) is 30.0 Å². The van der Waals surface area contributed by atoms with E-state index in [9.17, 15) is 9.59 Å². The highest BCUT2D eigenvalue weighted by atomic mass is 32.2. The molecule has 2 heterocycles. The largest absolute Gasteiger partial charge is 0.343 e. The Labute approximate surface area is 155 Å². The van der Waals surface area contributed by atoms with Gasteiger partial charge in [0.15, 0.2) is 0 Å². The molecule has 1 aromatic heterocycles. The number of carbonyl (C=O) groups excluding carboxylic acids is 2. The third kappa shape index (κ3) is 4.83. The Morgan fingerprint density at radius 2 is 2.04 bits per heavy atom. The molecular weight excluding hydrogens is 354 g/mol. The van der Waals surface area contributed by atoms with Gasteiger partial charge in [-0.3, -0.25) is 9.59 Å². The van der Waals surface area contributed by atoms with E-state index >= 15 is 0 Å². The molecule has 2 aromatic rings. The number of aromatic nitrogens is 1. The molecule has 2 amide bonds. The highest BCUT2D eigenvalue weighted by Gasteiger charge is 2.19. The quantitative estimate of drug-likeness (QED) is 0.788. The topological polar surface area (TPSA) is 62.3 Å². The standard InChI is InChI=1S/C18H21N3O2S2/c1-13-11-24-18(20-13)25-12-14-6-2-3-7-15(14)17(23)19-10-16(22)21-8-4-5-9-21/h2-3,6-7,11H,4-5,8-10,12H2,1H3,(H,19,23). The van der Waals surface area contributed by atoms with Gasteiger partial charge in [0.05, 0.1) is 6.54 Å². The van der Waals surface area contributed by atoms with Gasteiger partial charge in [-0.15, -0.1) is 11.3 Å². The fourth-order valence-electron chi connectivity index (χ4n) is 2.74. The van der Waals surface area contributed by atoms with Crippen molar-refractivity contribution in [3.8, 4) is 0 Å².